The van der Waals surface area contributed by atoms with Crippen LogP contribution >= 0.6 is 0 Å². The van der Waals surface area contributed by atoms with Crippen molar-refractivity contribution in [3.8, 4) is 17.1 Å². The second kappa shape index (κ2) is 6.02. The quantitative estimate of drug-likeness (QED) is 0.687. The SMILES string of the molecule is Cc1ccc2c(c1)-c1onc(C(=O)N(C)c3cc(C)ccc3C)c1CO2. The van der Waals surface area contributed by atoms with Crippen LogP contribution in [0, 0.1) is 20.8 Å². The summed E-state index contributed by atoms with van der Waals surface area (Å²) < 4.78 is 11.4. The number of benzene rings is 2. The lowest BCUT2D eigenvalue weighted by molar-refractivity contribution is 0.0982. The van der Waals surface area contributed by atoms with E-state index < -0.39 is 0 Å². The molecule has 0 atom stereocenters. The maximum atomic E-state index is 13.1. The Hall–Kier alpha value is -3.08. The second-order valence-electron chi connectivity index (χ2n) is 6.78. The molecule has 26 heavy (non-hydrogen) atoms. The third kappa shape index (κ3) is 2.56. The van der Waals surface area contributed by atoms with Crippen LogP contribution in [-0.4, -0.2) is 18.1 Å². The van der Waals surface area contributed by atoms with E-state index >= 15 is 0 Å². The van der Waals surface area contributed by atoms with E-state index in [4.69, 9.17) is 9.26 Å². The van der Waals surface area contributed by atoms with E-state index in [2.05, 4.69) is 5.16 Å². The number of ether oxygens (including phenoxy) is 1. The van der Waals surface area contributed by atoms with Crippen LogP contribution in [0.15, 0.2) is 40.9 Å². The molecule has 5 heteroatoms. The van der Waals surface area contributed by atoms with Gasteiger partial charge in [-0.05, 0) is 50.1 Å². The molecule has 3 aromatic rings. The summed E-state index contributed by atoms with van der Waals surface area (Å²) in [5.74, 6) is 1.16. The molecule has 1 aliphatic heterocycles. The summed E-state index contributed by atoms with van der Waals surface area (Å²) in [7, 11) is 1.76. The summed E-state index contributed by atoms with van der Waals surface area (Å²) in [5, 5.41) is 4.08. The standard InChI is InChI=1S/C21H20N2O3/c1-12-6-8-18-15(9-12)20-16(11-25-18)19(22-26-20)21(24)23(4)17-10-13(2)5-7-14(17)3/h5-10H,11H2,1-4H3. The minimum atomic E-state index is -0.205. The molecule has 0 bridgehead atoms. The molecule has 1 aromatic heterocycles. The molecule has 1 amide bonds. The van der Waals surface area contributed by atoms with Crippen LogP contribution in [0.4, 0.5) is 5.69 Å². The van der Waals surface area contributed by atoms with Gasteiger partial charge in [-0.15, -0.1) is 0 Å². The molecule has 0 spiro atoms. The van der Waals surface area contributed by atoms with Crippen LogP contribution in [0.25, 0.3) is 11.3 Å². The zero-order valence-corrected chi connectivity index (χ0v) is 15.3. The van der Waals surface area contributed by atoms with Gasteiger partial charge in [-0.2, -0.15) is 0 Å². The third-order valence-corrected chi connectivity index (χ3v) is 4.77. The maximum absolute atomic E-state index is 13.1. The van der Waals surface area contributed by atoms with E-state index in [-0.39, 0.29) is 12.5 Å². The van der Waals surface area contributed by atoms with Crippen LogP contribution in [0.3, 0.4) is 0 Å². The van der Waals surface area contributed by atoms with Crippen LogP contribution in [0.5, 0.6) is 5.75 Å². The molecular formula is C21H20N2O3. The molecule has 132 valence electrons. The van der Waals surface area contributed by atoms with Gasteiger partial charge in [0.2, 0.25) is 0 Å². The van der Waals surface area contributed by atoms with E-state index in [0.717, 1.165) is 33.7 Å². The fourth-order valence-electron chi connectivity index (χ4n) is 3.27. The predicted octanol–water partition coefficient (Wildman–Crippen LogP) is 4.44. The smallest absolute Gasteiger partial charge is 0.280 e. The second-order valence-corrected chi connectivity index (χ2v) is 6.78. The first-order chi connectivity index (χ1) is 12.5. The van der Waals surface area contributed by atoms with E-state index in [9.17, 15) is 4.79 Å². The zero-order valence-electron chi connectivity index (χ0n) is 15.3. The van der Waals surface area contributed by atoms with Gasteiger partial charge >= 0.3 is 0 Å². The van der Waals surface area contributed by atoms with Crippen LogP contribution < -0.4 is 9.64 Å². The molecule has 0 N–H and O–H groups in total. The number of hydrogen-bond acceptors (Lipinski definition) is 4. The van der Waals surface area contributed by atoms with E-state index in [1.807, 2.05) is 57.2 Å². The Labute approximate surface area is 152 Å². The van der Waals surface area contributed by atoms with E-state index in [0.29, 0.717) is 17.0 Å². The number of aromatic nitrogens is 1. The molecule has 0 fully saturated rings. The Balaban J connectivity index is 1.74. The highest BCUT2D eigenvalue weighted by Gasteiger charge is 2.30. The Kier molecular flexibility index (Phi) is 3.80. The zero-order chi connectivity index (χ0) is 18.4. The lowest BCUT2D eigenvalue weighted by atomic mass is 10.0. The average Bonchev–Trinajstić information content (AvgIpc) is 3.07. The number of carbonyl (C=O) groups excluding carboxylic acids is 1. The molecule has 1 aliphatic rings. The Morgan fingerprint density at radius 3 is 2.62 bits per heavy atom. The number of carbonyl (C=O) groups is 1. The highest BCUT2D eigenvalue weighted by atomic mass is 16.5. The molecule has 2 aromatic carbocycles. The van der Waals surface area contributed by atoms with Crippen LogP contribution in [-0.2, 0) is 6.61 Å². The van der Waals surface area contributed by atoms with Crippen molar-refractivity contribution in [2.75, 3.05) is 11.9 Å². The predicted molar refractivity (Wildman–Crippen MR) is 99.7 cm³/mol. The van der Waals surface area contributed by atoms with E-state index in [1.165, 1.54) is 0 Å². The summed E-state index contributed by atoms with van der Waals surface area (Å²) in [5.41, 5.74) is 5.92. The van der Waals surface area contributed by atoms with Gasteiger partial charge in [0.1, 0.15) is 12.4 Å². The number of amides is 1. The van der Waals surface area contributed by atoms with Gasteiger partial charge in [-0.3, -0.25) is 4.79 Å². The van der Waals surface area contributed by atoms with Crippen molar-refractivity contribution in [2.45, 2.75) is 27.4 Å². The van der Waals surface area contributed by atoms with Gasteiger partial charge in [0.25, 0.3) is 5.91 Å². The Bertz CT molecular complexity index is 1020. The average molecular weight is 348 g/mol. The third-order valence-electron chi connectivity index (χ3n) is 4.77. The number of anilines is 1. The van der Waals surface area contributed by atoms with Crippen LogP contribution in [0.2, 0.25) is 0 Å². The minimum Gasteiger partial charge on any atom is -0.488 e. The fraction of sp³-hybridized carbons (Fsp3) is 0.238. The van der Waals surface area contributed by atoms with Crippen molar-refractivity contribution >= 4 is 11.6 Å². The first-order valence-corrected chi connectivity index (χ1v) is 8.53. The van der Waals surface area contributed by atoms with Crippen molar-refractivity contribution in [1.29, 1.82) is 0 Å². The molecule has 0 radical (unpaired) electrons. The fourth-order valence-corrected chi connectivity index (χ4v) is 3.27. The van der Waals surface area contributed by atoms with Gasteiger partial charge in [0.05, 0.1) is 11.1 Å². The highest BCUT2D eigenvalue weighted by molar-refractivity contribution is 6.06. The largest absolute Gasteiger partial charge is 0.488 e. The molecule has 0 saturated heterocycles. The van der Waals surface area contributed by atoms with Crippen molar-refractivity contribution in [3.05, 3.63) is 64.3 Å². The monoisotopic (exact) mass is 348 g/mol. The topological polar surface area (TPSA) is 55.6 Å². The minimum absolute atomic E-state index is 0.205. The summed E-state index contributed by atoms with van der Waals surface area (Å²) in [6, 6.07) is 11.9. The lowest BCUT2D eigenvalue weighted by Gasteiger charge is -2.20. The number of hydrogen-bond donors (Lipinski definition) is 0. The van der Waals surface area contributed by atoms with E-state index in [1.54, 1.807) is 11.9 Å². The summed E-state index contributed by atoms with van der Waals surface area (Å²) in [6.45, 7) is 6.27. The molecule has 0 saturated carbocycles. The van der Waals surface area contributed by atoms with Gasteiger partial charge in [0.15, 0.2) is 11.5 Å². The van der Waals surface area contributed by atoms with Gasteiger partial charge < -0.3 is 14.2 Å². The summed E-state index contributed by atoms with van der Waals surface area (Å²) in [6.07, 6.45) is 0. The Morgan fingerprint density at radius 1 is 1.08 bits per heavy atom. The normalized spacial score (nSPS) is 12.2. The summed E-state index contributed by atoms with van der Waals surface area (Å²) >= 11 is 0. The highest BCUT2D eigenvalue weighted by Crippen LogP contribution is 2.39. The van der Waals surface area contributed by atoms with Gasteiger partial charge in [0, 0.05) is 12.7 Å². The molecule has 2 heterocycles. The van der Waals surface area contributed by atoms with Crippen molar-refractivity contribution in [2.24, 2.45) is 0 Å². The molecule has 0 unspecified atom stereocenters. The molecule has 0 aliphatic carbocycles. The van der Waals surface area contributed by atoms with Crippen molar-refractivity contribution < 1.29 is 14.1 Å². The molecular weight excluding hydrogens is 328 g/mol. The lowest BCUT2D eigenvalue weighted by Crippen LogP contribution is -2.28. The number of fused-ring (bicyclic) bond motifs is 3. The maximum Gasteiger partial charge on any atom is 0.280 e. The Morgan fingerprint density at radius 2 is 1.81 bits per heavy atom. The first-order valence-electron chi connectivity index (χ1n) is 8.53. The molecule has 5 nitrogen and oxygen atoms in total. The number of nitrogens with zero attached hydrogens (tertiary/aromatic N) is 2. The van der Waals surface area contributed by atoms with Crippen LogP contribution in [0.1, 0.15) is 32.7 Å². The first kappa shape index (κ1) is 16.4. The number of rotatable bonds is 2. The molecule has 4 rings (SSSR count). The summed E-state index contributed by atoms with van der Waals surface area (Å²) in [4.78, 5) is 14.7. The number of aryl methyl sites for hydroxylation is 3. The van der Waals surface area contributed by atoms with Crippen molar-refractivity contribution in [3.63, 3.8) is 0 Å². The van der Waals surface area contributed by atoms with Crippen molar-refractivity contribution in [1.82, 2.24) is 5.16 Å². The van der Waals surface area contributed by atoms with Gasteiger partial charge in [-0.25, -0.2) is 0 Å². The van der Waals surface area contributed by atoms with Gasteiger partial charge in [-0.1, -0.05) is 28.9 Å².